The minimum Gasteiger partial charge on any atom is -0.224 e. The van der Waals surface area contributed by atoms with Crippen molar-refractivity contribution < 1.29 is 17.2 Å². The van der Waals surface area contributed by atoms with Crippen LogP contribution in [0.4, 0.5) is 8.78 Å². The molecule has 2 nitrogen and oxygen atoms in total. The van der Waals surface area contributed by atoms with E-state index in [0.29, 0.717) is 11.1 Å². The summed E-state index contributed by atoms with van der Waals surface area (Å²) in [6.07, 6.45) is 3.57. The van der Waals surface area contributed by atoms with Gasteiger partial charge in [-0.1, -0.05) is 12.1 Å². The Morgan fingerprint density at radius 3 is 2.00 bits per heavy atom. The summed E-state index contributed by atoms with van der Waals surface area (Å²) in [4.78, 5) is -0.288. The van der Waals surface area contributed by atoms with Gasteiger partial charge in [0.15, 0.2) is 9.84 Å². The molecule has 0 N–H and O–H groups in total. The summed E-state index contributed by atoms with van der Waals surface area (Å²) in [7, 11) is -3.58. The second-order valence-corrected chi connectivity index (χ2v) is 8.18. The largest absolute Gasteiger partial charge is 0.224 e. The van der Waals surface area contributed by atoms with Gasteiger partial charge in [-0.05, 0) is 78.3 Å². The lowest BCUT2D eigenvalue weighted by Gasteiger charge is -2.11. The van der Waals surface area contributed by atoms with Crippen LogP contribution in [0.25, 0.3) is 11.1 Å². The summed E-state index contributed by atoms with van der Waals surface area (Å²) >= 11 is 0. The van der Waals surface area contributed by atoms with Gasteiger partial charge in [-0.15, -0.1) is 0 Å². The third-order valence-electron chi connectivity index (χ3n) is 4.40. The van der Waals surface area contributed by atoms with Crippen LogP contribution in [0.15, 0.2) is 41.3 Å². The molecule has 2 aromatic carbocycles. The van der Waals surface area contributed by atoms with Crippen LogP contribution in [0.1, 0.15) is 36.0 Å². The molecular weight excluding hydrogens is 330 g/mol. The number of halogens is 2. The second-order valence-electron chi connectivity index (χ2n) is 6.19. The van der Waals surface area contributed by atoms with E-state index in [0.717, 1.165) is 42.2 Å². The summed E-state index contributed by atoms with van der Waals surface area (Å²) in [5, 5.41) is 0. The SMILES string of the molecule is Cc1cc(C2=C(c3ccc(S(C)(=O)=O)c(F)c3)CCC2)ccc1F. The van der Waals surface area contributed by atoms with E-state index in [9.17, 15) is 17.2 Å². The number of hydrogen-bond acceptors (Lipinski definition) is 2. The number of aryl methyl sites for hydroxylation is 1. The highest BCUT2D eigenvalue weighted by atomic mass is 32.2. The molecule has 0 bridgehead atoms. The summed E-state index contributed by atoms with van der Waals surface area (Å²) in [5.74, 6) is -0.980. The van der Waals surface area contributed by atoms with E-state index in [-0.39, 0.29) is 10.7 Å². The van der Waals surface area contributed by atoms with Crippen LogP contribution in [0, 0.1) is 18.6 Å². The molecule has 1 aliphatic carbocycles. The predicted molar refractivity (Wildman–Crippen MR) is 91.3 cm³/mol. The van der Waals surface area contributed by atoms with Gasteiger partial charge in [-0.2, -0.15) is 0 Å². The first-order chi connectivity index (χ1) is 11.3. The van der Waals surface area contributed by atoms with Crippen molar-refractivity contribution in [3.05, 3.63) is 64.7 Å². The lowest BCUT2D eigenvalue weighted by Crippen LogP contribution is -2.01. The van der Waals surface area contributed by atoms with Gasteiger partial charge >= 0.3 is 0 Å². The Balaban J connectivity index is 2.09. The fraction of sp³-hybridized carbons (Fsp3) is 0.263. The van der Waals surface area contributed by atoms with Gasteiger partial charge in [0.05, 0.1) is 0 Å². The number of sulfone groups is 1. The molecule has 1 aliphatic rings. The van der Waals surface area contributed by atoms with E-state index in [1.54, 1.807) is 25.1 Å². The van der Waals surface area contributed by atoms with Gasteiger partial charge in [0.2, 0.25) is 0 Å². The standard InChI is InChI=1S/C19H18F2O2S/c1-12-10-13(6-8-17(12)20)15-4-3-5-16(15)14-7-9-19(18(21)11-14)24(2,22)23/h6-11H,3-5H2,1-2H3. The number of benzene rings is 2. The van der Waals surface area contributed by atoms with Crippen LogP contribution in [-0.4, -0.2) is 14.7 Å². The minimum atomic E-state index is -3.58. The smallest absolute Gasteiger partial charge is 0.178 e. The molecule has 0 saturated heterocycles. The van der Waals surface area contributed by atoms with Crippen molar-refractivity contribution in [3.63, 3.8) is 0 Å². The molecule has 2 aromatic rings. The molecule has 24 heavy (non-hydrogen) atoms. The molecule has 0 radical (unpaired) electrons. The van der Waals surface area contributed by atoms with E-state index in [1.165, 1.54) is 18.2 Å². The molecule has 0 aliphatic heterocycles. The molecule has 0 spiro atoms. The van der Waals surface area contributed by atoms with Crippen LogP contribution in [0.3, 0.4) is 0 Å². The monoisotopic (exact) mass is 348 g/mol. The zero-order chi connectivity index (χ0) is 17.5. The average Bonchev–Trinajstić information content (AvgIpc) is 2.98. The molecular formula is C19H18F2O2S. The number of allylic oxidation sites excluding steroid dienone is 2. The number of rotatable bonds is 3. The van der Waals surface area contributed by atoms with Crippen molar-refractivity contribution in [1.29, 1.82) is 0 Å². The zero-order valence-electron chi connectivity index (χ0n) is 13.6. The van der Waals surface area contributed by atoms with Crippen LogP contribution >= 0.6 is 0 Å². The first kappa shape index (κ1) is 16.8. The Hall–Kier alpha value is -2.01. The van der Waals surface area contributed by atoms with E-state index in [2.05, 4.69) is 0 Å². The highest BCUT2D eigenvalue weighted by molar-refractivity contribution is 7.90. The van der Waals surface area contributed by atoms with Gasteiger partial charge in [-0.25, -0.2) is 17.2 Å². The Morgan fingerprint density at radius 2 is 1.46 bits per heavy atom. The van der Waals surface area contributed by atoms with Crippen molar-refractivity contribution in [2.24, 2.45) is 0 Å². The Kier molecular flexibility index (Phi) is 4.30. The minimum absolute atomic E-state index is 0.248. The van der Waals surface area contributed by atoms with E-state index >= 15 is 0 Å². The topological polar surface area (TPSA) is 34.1 Å². The van der Waals surface area contributed by atoms with Crippen molar-refractivity contribution in [2.75, 3.05) is 6.26 Å². The normalized spacial score (nSPS) is 15.2. The van der Waals surface area contributed by atoms with Gasteiger partial charge in [0, 0.05) is 6.26 Å². The molecule has 0 amide bonds. The van der Waals surface area contributed by atoms with Crippen LogP contribution in [-0.2, 0) is 9.84 Å². The lowest BCUT2D eigenvalue weighted by atomic mass is 9.96. The molecule has 5 heteroatoms. The highest BCUT2D eigenvalue weighted by Crippen LogP contribution is 2.40. The first-order valence-corrected chi connectivity index (χ1v) is 9.65. The fourth-order valence-corrected chi connectivity index (χ4v) is 3.93. The van der Waals surface area contributed by atoms with Gasteiger partial charge < -0.3 is 0 Å². The quantitative estimate of drug-likeness (QED) is 0.800. The number of hydrogen-bond donors (Lipinski definition) is 0. The molecule has 126 valence electrons. The molecule has 0 atom stereocenters. The highest BCUT2D eigenvalue weighted by Gasteiger charge is 2.21. The van der Waals surface area contributed by atoms with Crippen LogP contribution < -0.4 is 0 Å². The maximum Gasteiger partial charge on any atom is 0.178 e. The second kappa shape index (κ2) is 6.13. The van der Waals surface area contributed by atoms with Crippen molar-refractivity contribution in [3.8, 4) is 0 Å². The Bertz CT molecular complexity index is 944. The van der Waals surface area contributed by atoms with Crippen molar-refractivity contribution >= 4 is 21.0 Å². The third-order valence-corrected chi connectivity index (χ3v) is 5.53. The zero-order valence-corrected chi connectivity index (χ0v) is 14.4. The predicted octanol–water partition coefficient (Wildman–Crippen LogP) is 4.77. The molecule has 3 rings (SSSR count). The summed E-state index contributed by atoms with van der Waals surface area (Å²) in [6.45, 7) is 1.72. The first-order valence-electron chi connectivity index (χ1n) is 7.76. The third kappa shape index (κ3) is 3.13. The van der Waals surface area contributed by atoms with Gasteiger partial charge in [0.25, 0.3) is 0 Å². The van der Waals surface area contributed by atoms with E-state index in [4.69, 9.17) is 0 Å². The fourth-order valence-electron chi connectivity index (χ4n) is 3.20. The van der Waals surface area contributed by atoms with Crippen molar-refractivity contribution in [1.82, 2.24) is 0 Å². The maximum atomic E-state index is 14.2. The van der Waals surface area contributed by atoms with E-state index in [1.807, 2.05) is 0 Å². The maximum absolute atomic E-state index is 14.2. The average molecular weight is 348 g/mol. The Labute approximate surface area is 140 Å². The van der Waals surface area contributed by atoms with E-state index < -0.39 is 15.7 Å². The summed E-state index contributed by atoms with van der Waals surface area (Å²) < 4.78 is 50.8. The Morgan fingerprint density at radius 1 is 0.875 bits per heavy atom. The van der Waals surface area contributed by atoms with Crippen LogP contribution in [0.5, 0.6) is 0 Å². The molecule has 0 heterocycles. The van der Waals surface area contributed by atoms with Crippen LogP contribution in [0.2, 0.25) is 0 Å². The van der Waals surface area contributed by atoms with Crippen molar-refractivity contribution in [2.45, 2.75) is 31.1 Å². The molecule has 0 unspecified atom stereocenters. The van der Waals surface area contributed by atoms with Gasteiger partial charge in [0.1, 0.15) is 16.5 Å². The van der Waals surface area contributed by atoms with Gasteiger partial charge in [-0.3, -0.25) is 0 Å². The molecule has 0 aromatic heterocycles. The molecule has 0 fully saturated rings. The summed E-state index contributed by atoms with van der Waals surface area (Å²) in [5.41, 5.74) is 4.28. The summed E-state index contributed by atoms with van der Waals surface area (Å²) in [6, 6.07) is 9.24. The lowest BCUT2D eigenvalue weighted by molar-refractivity contribution is 0.570. The molecule has 0 saturated carbocycles.